The van der Waals surface area contributed by atoms with Crippen LogP contribution >= 0.6 is 12.1 Å². The summed E-state index contributed by atoms with van der Waals surface area (Å²) in [4.78, 5) is 17.9. The summed E-state index contributed by atoms with van der Waals surface area (Å²) in [6.45, 7) is 4.91. The second-order valence-corrected chi connectivity index (χ2v) is 10.1. The van der Waals surface area contributed by atoms with Crippen molar-refractivity contribution in [3.63, 3.8) is 0 Å². The lowest BCUT2D eigenvalue weighted by atomic mass is 9.97. The van der Waals surface area contributed by atoms with Gasteiger partial charge in [-0.2, -0.15) is 5.26 Å². The molecule has 1 aromatic heterocycles. The summed E-state index contributed by atoms with van der Waals surface area (Å²) < 4.78 is 33.3. The first kappa shape index (κ1) is 24.5. The van der Waals surface area contributed by atoms with E-state index in [1.807, 2.05) is 24.3 Å². The summed E-state index contributed by atoms with van der Waals surface area (Å²) in [6, 6.07) is 9.47. The molecule has 2 unspecified atom stereocenters. The highest BCUT2D eigenvalue weighted by Gasteiger charge is 2.43. The zero-order valence-corrected chi connectivity index (χ0v) is 20.9. The molecule has 11 heteroatoms. The number of fused-ring (bicyclic) bond motifs is 1. The summed E-state index contributed by atoms with van der Waals surface area (Å²) >= 11 is 1.29. The van der Waals surface area contributed by atoms with Crippen LogP contribution < -0.4 is 20.3 Å². The molecule has 0 amide bonds. The topological polar surface area (TPSA) is 104 Å². The molecule has 36 heavy (non-hydrogen) atoms. The van der Waals surface area contributed by atoms with Gasteiger partial charge in [0.15, 0.2) is 11.6 Å². The van der Waals surface area contributed by atoms with Crippen molar-refractivity contribution in [1.29, 1.82) is 5.26 Å². The molecule has 2 fully saturated rings. The predicted molar refractivity (Wildman–Crippen MR) is 137 cm³/mol. The summed E-state index contributed by atoms with van der Waals surface area (Å²) in [5.41, 5.74) is 0.542. The maximum Gasteiger partial charge on any atom is 0.261 e. The van der Waals surface area contributed by atoms with Gasteiger partial charge in [-0.05, 0) is 50.3 Å². The highest BCUT2D eigenvalue weighted by molar-refractivity contribution is 7.98. The normalized spacial score (nSPS) is 21.4. The molecule has 1 spiro atoms. The summed E-state index contributed by atoms with van der Waals surface area (Å²) in [5, 5.41) is 13.4. The molecular weight excluding hydrogens is 483 g/mol. The van der Waals surface area contributed by atoms with Crippen molar-refractivity contribution in [1.82, 2.24) is 19.2 Å². The number of halogens is 1. The van der Waals surface area contributed by atoms with Crippen LogP contribution in [0.3, 0.4) is 0 Å². The van der Waals surface area contributed by atoms with Gasteiger partial charge in [0.2, 0.25) is 0 Å². The first-order valence-electron chi connectivity index (χ1n) is 11.8. The van der Waals surface area contributed by atoms with E-state index in [4.69, 9.17) is 9.47 Å². The zero-order chi connectivity index (χ0) is 25.3. The summed E-state index contributed by atoms with van der Waals surface area (Å²) in [6.07, 6.45) is 3.23. The van der Waals surface area contributed by atoms with Gasteiger partial charge in [0, 0.05) is 31.6 Å². The Morgan fingerprint density at radius 2 is 2.31 bits per heavy atom. The fourth-order valence-electron chi connectivity index (χ4n) is 4.62. The minimum atomic E-state index is -0.673. The molecule has 2 aliphatic heterocycles. The van der Waals surface area contributed by atoms with Gasteiger partial charge >= 0.3 is 0 Å². The van der Waals surface area contributed by atoms with Crippen LogP contribution in [0.2, 0.25) is 0 Å². The Morgan fingerprint density at radius 3 is 3.06 bits per heavy atom. The van der Waals surface area contributed by atoms with Gasteiger partial charge in [0.05, 0.1) is 41.2 Å². The van der Waals surface area contributed by atoms with Gasteiger partial charge in [-0.1, -0.05) is 6.92 Å². The van der Waals surface area contributed by atoms with E-state index >= 15 is 0 Å². The molecule has 188 valence electrons. The van der Waals surface area contributed by atoms with Crippen LogP contribution in [0.4, 0.5) is 10.1 Å². The van der Waals surface area contributed by atoms with Crippen LogP contribution in [0.1, 0.15) is 31.4 Å². The van der Waals surface area contributed by atoms with Crippen molar-refractivity contribution in [2.75, 3.05) is 38.0 Å². The third-order valence-electron chi connectivity index (χ3n) is 6.74. The average Bonchev–Trinajstić information content (AvgIpc) is 3.53. The number of hydrogen-bond acceptors (Lipinski definition) is 9. The van der Waals surface area contributed by atoms with Gasteiger partial charge in [-0.25, -0.2) is 13.7 Å². The molecule has 2 N–H and O–H groups in total. The zero-order valence-electron chi connectivity index (χ0n) is 20.1. The molecule has 2 atom stereocenters. The van der Waals surface area contributed by atoms with Crippen molar-refractivity contribution < 1.29 is 13.9 Å². The van der Waals surface area contributed by atoms with Gasteiger partial charge < -0.3 is 19.5 Å². The minimum absolute atomic E-state index is 0.0364. The Hall–Kier alpha value is -3.17. The van der Waals surface area contributed by atoms with E-state index in [0.717, 1.165) is 32.5 Å². The Labute approximate surface area is 212 Å². The van der Waals surface area contributed by atoms with Crippen molar-refractivity contribution in [3.8, 4) is 17.6 Å². The average molecular weight is 511 g/mol. The fraction of sp³-hybridized carbons (Fsp3) is 0.400. The molecule has 2 aliphatic rings. The van der Waals surface area contributed by atoms with Crippen molar-refractivity contribution in [2.45, 2.75) is 31.4 Å². The molecule has 9 nitrogen and oxygen atoms in total. The number of ether oxygens (including phenoxy) is 2. The van der Waals surface area contributed by atoms with Crippen LogP contribution in [0.25, 0.3) is 10.9 Å². The van der Waals surface area contributed by atoms with Crippen LogP contribution in [0.15, 0.2) is 41.5 Å². The van der Waals surface area contributed by atoms with Crippen LogP contribution in [-0.4, -0.2) is 52.7 Å². The fourth-order valence-corrected chi connectivity index (χ4v) is 5.17. The lowest BCUT2D eigenvalue weighted by molar-refractivity contribution is 0.0205. The second-order valence-electron chi connectivity index (χ2n) is 9.07. The third-order valence-corrected chi connectivity index (χ3v) is 7.62. The monoisotopic (exact) mass is 510 g/mol. The second kappa shape index (κ2) is 10.1. The molecule has 3 aromatic rings. The van der Waals surface area contributed by atoms with E-state index in [-0.39, 0.29) is 34.3 Å². The van der Waals surface area contributed by atoms with Crippen LogP contribution in [0, 0.1) is 17.1 Å². The van der Waals surface area contributed by atoms with E-state index in [2.05, 4.69) is 15.0 Å². The van der Waals surface area contributed by atoms with Crippen LogP contribution in [-0.2, 0) is 4.74 Å². The van der Waals surface area contributed by atoms with Crippen molar-refractivity contribution in [3.05, 3.63) is 58.4 Å². The highest BCUT2D eigenvalue weighted by Crippen LogP contribution is 2.37. The SMILES string of the molecule is CCN(C)SNc1ccc(F)c(Oc2ccc3ncn(C4COC5(CCNC5)C4)c(=O)c3c2)c1C#N. The Balaban J connectivity index is 1.45. The van der Waals surface area contributed by atoms with E-state index in [9.17, 15) is 14.4 Å². The molecule has 0 bridgehead atoms. The van der Waals surface area contributed by atoms with E-state index in [0.29, 0.717) is 23.2 Å². The minimum Gasteiger partial charge on any atom is -0.453 e. The largest absolute Gasteiger partial charge is 0.453 e. The molecule has 0 aliphatic carbocycles. The highest BCUT2D eigenvalue weighted by atomic mass is 32.2. The van der Waals surface area contributed by atoms with Gasteiger partial charge in [-0.15, -0.1) is 0 Å². The molecule has 2 saturated heterocycles. The summed E-state index contributed by atoms with van der Waals surface area (Å²) in [5.74, 6) is -0.636. The lowest BCUT2D eigenvalue weighted by Gasteiger charge is -2.20. The molecule has 0 saturated carbocycles. The number of anilines is 1. The Kier molecular flexibility index (Phi) is 6.85. The van der Waals surface area contributed by atoms with Crippen molar-refractivity contribution in [2.24, 2.45) is 0 Å². The number of benzene rings is 2. The molecule has 3 heterocycles. The van der Waals surface area contributed by atoms with Crippen LogP contribution in [0.5, 0.6) is 11.5 Å². The first-order valence-corrected chi connectivity index (χ1v) is 12.6. The first-order chi connectivity index (χ1) is 17.4. The smallest absolute Gasteiger partial charge is 0.261 e. The standard InChI is InChI=1S/C25H27FN6O3S/c1-3-31(2)36-30-22-7-5-20(26)23(19(22)12-27)35-17-4-6-21-18(10-17)24(33)32(15-29-21)16-11-25(34-13-16)8-9-28-14-25/h4-7,10,15-16,28,30H,3,8-9,11,13-14H2,1-2H3. The quantitative estimate of drug-likeness (QED) is 0.459. The maximum absolute atomic E-state index is 14.8. The third kappa shape index (κ3) is 4.65. The number of aromatic nitrogens is 2. The Morgan fingerprint density at radius 1 is 1.44 bits per heavy atom. The lowest BCUT2D eigenvalue weighted by Crippen LogP contribution is -2.31. The van der Waals surface area contributed by atoms with E-state index in [1.165, 1.54) is 24.3 Å². The number of nitrogens with zero attached hydrogens (tertiary/aromatic N) is 4. The molecule has 0 radical (unpaired) electrons. The predicted octanol–water partition coefficient (Wildman–Crippen LogP) is 3.82. The van der Waals surface area contributed by atoms with E-state index in [1.54, 1.807) is 29.1 Å². The number of nitriles is 1. The van der Waals surface area contributed by atoms with Gasteiger partial charge in [0.1, 0.15) is 17.4 Å². The summed E-state index contributed by atoms with van der Waals surface area (Å²) in [7, 11) is 1.89. The van der Waals surface area contributed by atoms with Crippen molar-refractivity contribution >= 4 is 28.7 Å². The molecule has 2 aromatic carbocycles. The molecule has 5 rings (SSSR count). The number of hydrogen-bond donors (Lipinski definition) is 2. The molecular formula is C25H27FN6O3S. The number of rotatable bonds is 7. The maximum atomic E-state index is 14.8. The Bertz CT molecular complexity index is 1380. The van der Waals surface area contributed by atoms with Gasteiger partial charge in [0.25, 0.3) is 5.56 Å². The van der Waals surface area contributed by atoms with Gasteiger partial charge in [-0.3, -0.25) is 9.36 Å². The van der Waals surface area contributed by atoms with E-state index < -0.39 is 5.82 Å². The number of nitrogens with one attached hydrogen (secondary N) is 2.